The number of fused-ring (bicyclic) bond motifs is 1. The Morgan fingerprint density at radius 3 is 2.75 bits per heavy atom. The van der Waals surface area contributed by atoms with Crippen LogP contribution in [-0.2, 0) is 6.54 Å². The number of aromatic nitrogens is 2. The summed E-state index contributed by atoms with van der Waals surface area (Å²) in [4.78, 5) is 16.8. The molecule has 2 heterocycles. The van der Waals surface area contributed by atoms with Crippen LogP contribution in [0.15, 0.2) is 39.9 Å². The lowest BCUT2D eigenvalue weighted by Gasteiger charge is -2.03. The van der Waals surface area contributed by atoms with Gasteiger partial charge in [-0.2, -0.15) is 5.10 Å². The molecule has 3 aromatic rings. The van der Waals surface area contributed by atoms with Crippen LogP contribution in [0.4, 0.5) is 0 Å². The number of hydrogen-bond donors (Lipinski definition) is 1. The van der Waals surface area contributed by atoms with E-state index in [4.69, 9.17) is 4.42 Å². The van der Waals surface area contributed by atoms with Crippen LogP contribution in [0.25, 0.3) is 11.0 Å². The maximum absolute atomic E-state index is 12.3. The molecule has 2 aromatic heterocycles. The molecule has 24 heavy (non-hydrogen) atoms. The van der Waals surface area contributed by atoms with Crippen LogP contribution in [0.2, 0.25) is 0 Å². The number of rotatable bonds is 4. The van der Waals surface area contributed by atoms with E-state index in [1.165, 1.54) is 0 Å². The Bertz CT molecular complexity index is 934. The predicted octanol–water partition coefficient (Wildman–Crippen LogP) is 3.42. The van der Waals surface area contributed by atoms with Crippen molar-refractivity contribution in [1.82, 2.24) is 15.0 Å². The van der Waals surface area contributed by atoms with E-state index in [9.17, 15) is 4.79 Å². The second kappa shape index (κ2) is 6.31. The Kier molecular flexibility index (Phi) is 4.20. The monoisotopic (exact) mass is 324 g/mol. The van der Waals surface area contributed by atoms with Crippen LogP contribution in [0, 0.1) is 13.8 Å². The zero-order valence-electron chi connectivity index (χ0n) is 14.3. The first-order valence-corrected chi connectivity index (χ1v) is 7.88. The van der Waals surface area contributed by atoms with Gasteiger partial charge in [-0.05, 0) is 58.0 Å². The van der Waals surface area contributed by atoms with Crippen molar-refractivity contribution in [3.05, 3.63) is 53.2 Å². The lowest BCUT2D eigenvalue weighted by Crippen LogP contribution is -2.19. The molecule has 1 amide bonds. The quantitative estimate of drug-likeness (QED) is 0.590. The highest BCUT2D eigenvalue weighted by molar-refractivity contribution is 6.00. The summed E-state index contributed by atoms with van der Waals surface area (Å²) in [5.41, 5.74) is 5.53. The van der Waals surface area contributed by atoms with E-state index in [0.717, 1.165) is 29.2 Å². The summed E-state index contributed by atoms with van der Waals surface area (Å²) >= 11 is 0. The maximum atomic E-state index is 12.3. The number of furan rings is 1. The summed E-state index contributed by atoms with van der Waals surface area (Å²) in [5.74, 6) is 2.11. The highest BCUT2D eigenvalue weighted by atomic mass is 16.3. The molecule has 6 nitrogen and oxygen atoms in total. The molecule has 1 N–H and O–H groups in total. The minimum atomic E-state index is -0.275. The van der Waals surface area contributed by atoms with Crippen molar-refractivity contribution in [1.29, 1.82) is 0 Å². The molecule has 6 heteroatoms. The summed E-state index contributed by atoms with van der Waals surface area (Å²) in [6, 6.07) is 9.17. The van der Waals surface area contributed by atoms with Crippen LogP contribution in [0.3, 0.4) is 0 Å². The molecule has 0 bridgehead atoms. The van der Waals surface area contributed by atoms with Crippen LogP contribution in [-0.4, -0.2) is 21.2 Å². The van der Waals surface area contributed by atoms with E-state index < -0.39 is 0 Å². The fourth-order valence-electron chi connectivity index (χ4n) is 2.67. The molecule has 0 fully saturated rings. The van der Waals surface area contributed by atoms with Crippen LogP contribution < -0.4 is 5.43 Å². The number of imidazole rings is 1. The predicted molar refractivity (Wildman–Crippen MR) is 93.3 cm³/mol. The first-order chi connectivity index (χ1) is 11.5. The van der Waals surface area contributed by atoms with Crippen molar-refractivity contribution < 1.29 is 9.21 Å². The van der Waals surface area contributed by atoms with Crippen molar-refractivity contribution in [2.24, 2.45) is 5.10 Å². The van der Waals surface area contributed by atoms with Gasteiger partial charge in [-0.15, -0.1) is 0 Å². The van der Waals surface area contributed by atoms with Gasteiger partial charge in [0.25, 0.3) is 5.91 Å². The zero-order valence-corrected chi connectivity index (χ0v) is 14.3. The van der Waals surface area contributed by atoms with Gasteiger partial charge in [-0.25, -0.2) is 10.4 Å². The van der Waals surface area contributed by atoms with Gasteiger partial charge in [0.15, 0.2) is 0 Å². The van der Waals surface area contributed by atoms with Crippen molar-refractivity contribution in [2.75, 3.05) is 0 Å². The lowest BCUT2D eigenvalue weighted by atomic mass is 10.2. The summed E-state index contributed by atoms with van der Waals surface area (Å²) in [5, 5.41) is 4.10. The molecule has 1 aromatic carbocycles. The van der Waals surface area contributed by atoms with E-state index in [-0.39, 0.29) is 5.91 Å². The molecule has 0 aliphatic rings. The largest absolute Gasteiger partial charge is 0.460 e. The molecule has 0 atom stereocenters. The highest BCUT2D eigenvalue weighted by Gasteiger charge is 2.11. The number of amides is 1. The molecule has 0 aliphatic heterocycles. The van der Waals surface area contributed by atoms with Gasteiger partial charge in [-0.1, -0.05) is 0 Å². The van der Waals surface area contributed by atoms with Gasteiger partial charge < -0.3 is 8.98 Å². The van der Waals surface area contributed by atoms with Gasteiger partial charge in [0.1, 0.15) is 23.1 Å². The van der Waals surface area contributed by atoms with E-state index in [0.29, 0.717) is 17.0 Å². The first-order valence-electron chi connectivity index (χ1n) is 7.88. The summed E-state index contributed by atoms with van der Waals surface area (Å²) < 4.78 is 7.58. The maximum Gasteiger partial charge on any atom is 0.271 e. The molecule has 0 saturated carbocycles. The fraction of sp³-hybridized carbons (Fsp3) is 0.278. The summed E-state index contributed by atoms with van der Waals surface area (Å²) in [6.07, 6.45) is 0. The lowest BCUT2D eigenvalue weighted by molar-refractivity contribution is 0.0955. The van der Waals surface area contributed by atoms with Crippen LogP contribution in [0.5, 0.6) is 0 Å². The van der Waals surface area contributed by atoms with Crippen molar-refractivity contribution >= 4 is 22.7 Å². The minimum Gasteiger partial charge on any atom is -0.460 e. The third kappa shape index (κ3) is 2.95. The van der Waals surface area contributed by atoms with Crippen molar-refractivity contribution in [3.63, 3.8) is 0 Å². The second-order valence-electron chi connectivity index (χ2n) is 5.66. The second-order valence-corrected chi connectivity index (χ2v) is 5.66. The van der Waals surface area contributed by atoms with Crippen LogP contribution >= 0.6 is 0 Å². The van der Waals surface area contributed by atoms with E-state index in [1.54, 1.807) is 19.1 Å². The Labute approximate surface area is 140 Å². The molecule has 0 radical (unpaired) electrons. The van der Waals surface area contributed by atoms with Gasteiger partial charge in [0.05, 0.1) is 11.0 Å². The first kappa shape index (κ1) is 16.0. The van der Waals surface area contributed by atoms with Gasteiger partial charge >= 0.3 is 0 Å². The summed E-state index contributed by atoms with van der Waals surface area (Å²) in [7, 11) is 0. The molecular weight excluding hydrogens is 304 g/mol. The van der Waals surface area contributed by atoms with E-state index >= 15 is 0 Å². The Morgan fingerprint density at radius 2 is 2.08 bits per heavy atom. The molecule has 0 aliphatic carbocycles. The minimum absolute atomic E-state index is 0.275. The Morgan fingerprint density at radius 1 is 1.29 bits per heavy atom. The highest BCUT2D eigenvalue weighted by Crippen LogP contribution is 2.17. The van der Waals surface area contributed by atoms with E-state index in [2.05, 4.69) is 27.0 Å². The number of benzene rings is 1. The number of aryl methyl sites for hydroxylation is 3. The molecular formula is C18H20N4O2. The third-order valence-corrected chi connectivity index (χ3v) is 3.94. The summed E-state index contributed by atoms with van der Waals surface area (Å²) in [6.45, 7) is 8.53. The van der Waals surface area contributed by atoms with Gasteiger partial charge in [0.2, 0.25) is 0 Å². The normalized spacial score (nSPS) is 11.9. The topological polar surface area (TPSA) is 72.4 Å². The standard InChI is InChI=1S/C18H20N4O2/c1-5-22-13(4)19-15-10-14(7-8-16(15)22)18(23)21-20-12(3)17-9-6-11(2)24-17/h6-10H,5H2,1-4H3,(H,21,23). The van der Waals surface area contributed by atoms with E-state index in [1.807, 2.05) is 32.0 Å². The molecule has 124 valence electrons. The number of carbonyl (C=O) groups excluding carboxylic acids is 1. The van der Waals surface area contributed by atoms with Gasteiger partial charge in [0, 0.05) is 12.1 Å². The van der Waals surface area contributed by atoms with Crippen LogP contribution in [0.1, 0.15) is 41.6 Å². The average molecular weight is 324 g/mol. The SMILES string of the molecule is CCn1c(C)nc2cc(C(=O)NN=C(C)c3ccc(C)o3)ccc21. The van der Waals surface area contributed by atoms with Crippen molar-refractivity contribution in [3.8, 4) is 0 Å². The van der Waals surface area contributed by atoms with Crippen molar-refractivity contribution in [2.45, 2.75) is 34.2 Å². The number of nitrogens with one attached hydrogen (secondary N) is 1. The Balaban J connectivity index is 1.81. The number of hydrogen-bond acceptors (Lipinski definition) is 4. The molecule has 0 saturated heterocycles. The molecule has 0 spiro atoms. The molecule has 0 unspecified atom stereocenters. The third-order valence-electron chi connectivity index (χ3n) is 3.94. The average Bonchev–Trinajstić information content (AvgIpc) is 3.13. The zero-order chi connectivity index (χ0) is 17.3. The van der Waals surface area contributed by atoms with Gasteiger partial charge in [-0.3, -0.25) is 4.79 Å². The molecule has 3 rings (SSSR count). The Hall–Kier alpha value is -2.89. The smallest absolute Gasteiger partial charge is 0.271 e. The number of nitrogens with zero attached hydrogens (tertiary/aromatic N) is 3. The fourth-order valence-corrected chi connectivity index (χ4v) is 2.67. The number of hydrazone groups is 1. The number of carbonyl (C=O) groups is 1.